The molecular weight excluding hydrogens is 208 g/mol. The Balaban J connectivity index is 4.63. The second-order valence-corrected chi connectivity index (χ2v) is 4.91. The van der Waals surface area contributed by atoms with Gasteiger partial charge in [0.25, 0.3) is 0 Å². The normalized spacial score (nSPS) is 15.1. The molecule has 5 nitrogen and oxygen atoms in total. The summed E-state index contributed by atoms with van der Waals surface area (Å²) in [5, 5.41) is 2.42. The predicted molar refractivity (Wildman–Crippen MR) is 61.8 cm³/mol. The lowest BCUT2D eigenvalue weighted by Crippen LogP contribution is -2.49. The number of carbonyl (C=O) groups excluding carboxylic acids is 2. The molecule has 0 aromatic heterocycles. The van der Waals surface area contributed by atoms with Gasteiger partial charge < -0.3 is 15.8 Å². The van der Waals surface area contributed by atoms with Gasteiger partial charge in [-0.2, -0.15) is 0 Å². The topological polar surface area (TPSA) is 81.4 Å². The maximum absolute atomic E-state index is 11.8. The highest BCUT2D eigenvalue weighted by Gasteiger charge is 2.29. The zero-order valence-electron chi connectivity index (χ0n) is 10.7. The van der Waals surface area contributed by atoms with E-state index in [1.807, 2.05) is 13.8 Å². The van der Waals surface area contributed by atoms with Crippen LogP contribution in [0, 0.1) is 5.92 Å². The molecule has 0 heterocycles. The van der Waals surface area contributed by atoms with Crippen LogP contribution in [-0.4, -0.2) is 23.6 Å². The molecule has 0 bridgehead atoms. The van der Waals surface area contributed by atoms with Crippen LogP contribution >= 0.6 is 0 Å². The molecule has 0 radical (unpaired) electrons. The van der Waals surface area contributed by atoms with Crippen molar-refractivity contribution in [2.75, 3.05) is 0 Å². The number of nitrogens with two attached hydrogens (primary N) is 1. The number of hydrogen-bond donors (Lipinski definition) is 2. The zero-order valence-corrected chi connectivity index (χ0v) is 10.7. The van der Waals surface area contributed by atoms with Crippen molar-refractivity contribution in [1.29, 1.82) is 0 Å². The number of ether oxygens (including phenoxy) is 1. The van der Waals surface area contributed by atoms with Gasteiger partial charge in [-0.3, -0.25) is 0 Å². The van der Waals surface area contributed by atoms with Gasteiger partial charge in [-0.15, -0.1) is 0 Å². The first-order chi connectivity index (χ1) is 7.17. The minimum atomic E-state index is -0.712. The fraction of sp³-hybridized carbons (Fsp3) is 0.818. The van der Waals surface area contributed by atoms with Crippen molar-refractivity contribution in [3.63, 3.8) is 0 Å². The Kier molecular flexibility index (Phi) is 5.27. The van der Waals surface area contributed by atoms with E-state index in [2.05, 4.69) is 5.32 Å². The highest BCUT2D eigenvalue weighted by Crippen LogP contribution is 2.14. The predicted octanol–water partition coefficient (Wildman–Crippen LogP) is 1.41. The highest BCUT2D eigenvalue weighted by atomic mass is 16.6. The average molecular weight is 230 g/mol. The zero-order chi connectivity index (χ0) is 12.9. The van der Waals surface area contributed by atoms with E-state index in [9.17, 15) is 9.59 Å². The summed E-state index contributed by atoms with van der Waals surface area (Å²) in [6, 6.07) is -1.39. The lowest BCUT2D eigenvalue weighted by atomic mass is 9.99. The summed E-state index contributed by atoms with van der Waals surface area (Å²) in [5.74, 6) is -0.456. The molecule has 3 N–H and O–H groups in total. The Hall–Kier alpha value is -1.26. The number of carbonyl (C=O) groups is 2. The Morgan fingerprint density at radius 3 is 2.19 bits per heavy atom. The molecule has 0 rings (SSSR count). The number of esters is 1. The Bertz CT molecular complexity index is 258. The van der Waals surface area contributed by atoms with Gasteiger partial charge in [-0.25, -0.2) is 9.59 Å². The van der Waals surface area contributed by atoms with E-state index >= 15 is 0 Å². The van der Waals surface area contributed by atoms with E-state index < -0.39 is 23.6 Å². The van der Waals surface area contributed by atoms with Crippen LogP contribution in [0.25, 0.3) is 0 Å². The summed E-state index contributed by atoms with van der Waals surface area (Å²) >= 11 is 0. The second kappa shape index (κ2) is 5.72. The van der Waals surface area contributed by atoms with Gasteiger partial charge in [0.15, 0.2) is 0 Å². The fourth-order valence-electron chi connectivity index (χ4n) is 1.19. The molecule has 2 atom stereocenters. The number of nitrogens with one attached hydrogen (secondary N) is 1. The SMILES string of the molecule is CCC(C)[C@H](NC(N)=O)C(=O)OC(C)(C)C. The van der Waals surface area contributed by atoms with Gasteiger partial charge in [-0.05, 0) is 26.7 Å². The molecule has 0 saturated heterocycles. The van der Waals surface area contributed by atoms with Gasteiger partial charge in [0.05, 0.1) is 0 Å². The number of primary amides is 1. The fourth-order valence-corrected chi connectivity index (χ4v) is 1.19. The molecule has 94 valence electrons. The van der Waals surface area contributed by atoms with Crippen molar-refractivity contribution in [3.05, 3.63) is 0 Å². The largest absolute Gasteiger partial charge is 0.458 e. The molecule has 5 heteroatoms. The molecule has 0 saturated carbocycles. The van der Waals surface area contributed by atoms with Gasteiger partial charge in [-0.1, -0.05) is 20.3 Å². The summed E-state index contributed by atoms with van der Waals surface area (Å²) in [4.78, 5) is 22.6. The number of urea groups is 1. The lowest BCUT2D eigenvalue weighted by molar-refractivity contribution is -0.158. The molecule has 0 aliphatic rings. The quantitative estimate of drug-likeness (QED) is 0.716. The number of amides is 2. The first kappa shape index (κ1) is 14.7. The maximum atomic E-state index is 11.8. The monoisotopic (exact) mass is 230 g/mol. The van der Waals surface area contributed by atoms with Crippen molar-refractivity contribution in [2.24, 2.45) is 11.7 Å². The molecule has 0 aromatic rings. The van der Waals surface area contributed by atoms with E-state index in [0.29, 0.717) is 0 Å². The lowest BCUT2D eigenvalue weighted by Gasteiger charge is -2.27. The van der Waals surface area contributed by atoms with Gasteiger partial charge in [0.1, 0.15) is 11.6 Å². The molecule has 2 amide bonds. The van der Waals surface area contributed by atoms with E-state index in [1.54, 1.807) is 20.8 Å². The summed E-state index contributed by atoms with van der Waals surface area (Å²) in [6.45, 7) is 9.14. The Morgan fingerprint density at radius 2 is 1.88 bits per heavy atom. The van der Waals surface area contributed by atoms with Crippen molar-refractivity contribution < 1.29 is 14.3 Å². The van der Waals surface area contributed by atoms with Crippen molar-refractivity contribution in [2.45, 2.75) is 52.7 Å². The third kappa shape index (κ3) is 5.58. The van der Waals surface area contributed by atoms with Gasteiger partial charge in [0.2, 0.25) is 0 Å². The van der Waals surface area contributed by atoms with Crippen molar-refractivity contribution in [3.8, 4) is 0 Å². The standard InChI is InChI=1S/C11H22N2O3/c1-6-7(2)8(13-10(12)15)9(14)16-11(3,4)5/h7-8H,6H2,1-5H3,(H3,12,13,15)/t7?,8-/m0/s1. The third-order valence-corrected chi connectivity index (χ3v) is 2.17. The molecule has 0 aliphatic heterocycles. The molecule has 0 spiro atoms. The van der Waals surface area contributed by atoms with Crippen LogP contribution in [-0.2, 0) is 9.53 Å². The van der Waals surface area contributed by atoms with Gasteiger partial charge in [0, 0.05) is 0 Å². The number of rotatable bonds is 4. The minimum absolute atomic E-state index is 0.0117. The summed E-state index contributed by atoms with van der Waals surface area (Å²) in [6.07, 6.45) is 0.754. The van der Waals surface area contributed by atoms with Crippen LogP contribution in [0.3, 0.4) is 0 Å². The van der Waals surface area contributed by atoms with E-state index in [-0.39, 0.29) is 5.92 Å². The third-order valence-electron chi connectivity index (χ3n) is 2.17. The maximum Gasteiger partial charge on any atom is 0.329 e. The summed E-state index contributed by atoms with van der Waals surface area (Å²) in [5.41, 5.74) is 4.46. The van der Waals surface area contributed by atoms with Crippen LogP contribution < -0.4 is 11.1 Å². The average Bonchev–Trinajstić information content (AvgIpc) is 2.09. The second-order valence-electron chi connectivity index (χ2n) is 4.91. The van der Waals surface area contributed by atoms with Crippen LogP contribution in [0.1, 0.15) is 41.0 Å². The van der Waals surface area contributed by atoms with Crippen LogP contribution in [0.4, 0.5) is 4.79 Å². The summed E-state index contributed by atoms with van der Waals surface area (Å²) < 4.78 is 5.21. The number of hydrogen-bond acceptors (Lipinski definition) is 3. The first-order valence-electron chi connectivity index (χ1n) is 5.46. The summed E-state index contributed by atoms with van der Waals surface area (Å²) in [7, 11) is 0. The molecule has 0 aromatic carbocycles. The van der Waals surface area contributed by atoms with E-state index in [0.717, 1.165) is 6.42 Å². The molecule has 0 fully saturated rings. The van der Waals surface area contributed by atoms with E-state index in [1.165, 1.54) is 0 Å². The van der Waals surface area contributed by atoms with Crippen LogP contribution in [0.15, 0.2) is 0 Å². The highest BCUT2D eigenvalue weighted by molar-refractivity contribution is 5.83. The van der Waals surface area contributed by atoms with Crippen LogP contribution in [0.2, 0.25) is 0 Å². The molecule has 1 unspecified atom stereocenters. The van der Waals surface area contributed by atoms with Crippen molar-refractivity contribution >= 4 is 12.0 Å². The Morgan fingerprint density at radius 1 is 1.38 bits per heavy atom. The minimum Gasteiger partial charge on any atom is -0.458 e. The van der Waals surface area contributed by atoms with E-state index in [4.69, 9.17) is 10.5 Å². The molecular formula is C11H22N2O3. The first-order valence-corrected chi connectivity index (χ1v) is 5.46. The molecule has 16 heavy (non-hydrogen) atoms. The molecule has 0 aliphatic carbocycles. The van der Waals surface area contributed by atoms with Crippen LogP contribution in [0.5, 0.6) is 0 Å². The van der Waals surface area contributed by atoms with Crippen molar-refractivity contribution in [1.82, 2.24) is 5.32 Å². The Labute approximate surface area is 96.7 Å². The smallest absolute Gasteiger partial charge is 0.329 e. The van der Waals surface area contributed by atoms with Gasteiger partial charge >= 0.3 is 12.0 Å².